The van der Waals surface area contributed by atoms with Gasteiger partial charge in [0.15, 0.2) is 5.96 Å². The molecule has 0 aliphatic carbocycles. The number of para-hydroxylation sites is 1. The lowest BCUT2D eigenvalue weighted by Crippen LogP contribution is -2.46. The van der Waals surface area contributed by atoms with Gasteiger partial charge in [0, 0.05) is 26.2 Å². The summed E-state index contributed by atoms with van der Waals surface area (Å²) < 4.78 is 10.8. The minimum Gasteiger partial charge on any atom is -0.494 e. The molecular formula is C21H34IN3O3. The predicted molar refractivity (Wildman–Crippen MR) is 124 cm³/mol. The predicted octanol–water partition coefficient (Wildman–Crippen LogP) is 3.49. The van der Waals surface area contributed by atoms with Crippen LogP contribution in [0.4, 0.5) is 0 Å². The molecule has 0 radical (unpaired) electrons. The second-order valence-electron chi connectivity index (χ2n) is 6.54. The number of piperidine rings is 1. The van der Waals surface area contributed by atoms with Gasteiger partial charge in [-0.1, -0.05) is 18.2 Å². The molecule has 1 N–H and O–H groups in total. The number of carbonyl (C=O) groups excluding carboxylic acids is 1. The molecule has 1 aromatic carbocycles. The van der Waals surface area contributed by atoms with Gasteiger partial charge in [-0.15, -0.1) is 24.0 Å². The maximum absolute atomic E-state index is 11.9. The number of rotatable bonds is 8. The van der Waals surface area contributed by atoms with Gasteiger partial charge in [0.1, 0.15) is 5.75 Å². The van der Waals surface area contributed by atoms with Gasteiger partial charge >= 0.3 is 5.97 Å². The summed E-state index contributed by atoms with van der Waals surface area (Å²) in [5.41, 5.74) is 1.18. The first-order valence-electron chi connectivity index (χ1n) is 10.1. The average molecular weight is 503 g/mol. The lowest BCUT2D eigenvalue weighted by atomic mass is 9.97. The van der Waals surface area contributed by atoms with Crippen LogP contribution in [0, 0.1) is 5.92 Å². The number of aliphatic imine (C=N–C) groups is 1. The van der Waals surface area contributed by atoms with Crippen molar-refractivity contribution in [2.24, 2.45) is 10.9 Å². The fraction of sp³-hybridized carbons (Fsp3) is 0.619. The van der Waals surface area contributed by atoms with Gasteiger partial charge in [-0.05, 0) is 51.7 Å². The van der Waals surface area contributed by atoms with Gasteiger partial charge in [-0.3, -0.25) is 9.79 Å². The summed E-state index contributed by atoms with van der Waals surface area (Å²) in [5.74, 6) is 1.82. The van der Waals surface area contributed by atoms with Crippen LogP contribution >= 0.6 is 24.0 Å². The molecule has 1 heterocycles. The van der Waals surface area contributed by atoms with Crippen LogP contribution in [0.2, 0.25) is 0 Å². The fourth-order valence-electron chi connectivity index (χ4n) is 3.30. The summed E-state index contributed by atoms with van der Waals surface area (Å²) in [6.07, 6.45) is 2.47. The van der Waals surface area contributed by atoms with Crippen LogP contribution in [0.3, 0.4) is 0 Å². The van der Waals surface area contributed by atoms with Crippen LogP contribution < -0.4 is 10.1 Å². The fourth-order valence-corrected chi connectivity index (χ4v) is 3.30. The molecule has 158 valence electrons. The molecular weight excluding hydrogens is 469 g/mol. The third kappa shape index (κ3) is 7.48. The largest absolute Gasteiger partial charge is 0.494 e. The van der Waals surface area contributed by atoms with Crippen LogP contribution in [0.5, 0.6) is 5.75 Å². The number of esters is 1. The zero-order valence-corrected chi connectivity index (χ0v) is 19.6. The lowest BCUT2D eigenvalue weighted by Gasteiger charge is -2.33. The standard InChI is InChI=1S/C21H33N3O3.HI/c1-4-22-21(24-15-12-18(13-16-24)20(25)27-6-3)23-14-11-17-9-7-8-10-19(17)26-5-2;/h7-10,18H,4-6,11-16H2,1-3H3,(H,22,23);1H. The van der Waals surface area contributed by atoms with Crippen molar-refractivity contribution < 1.29 is 14.3 Å². The van der Waals surface area contributed by atoms with Gasteiger partial charge in [-0.25, -0.2) is 0 Å². The van der Waals surface area contributed by atoms with Crippen molar-refractivity contribution in [1.82, 2.24) is 10.2 Å². The van der Waals surface area contributed by atoms with Crippen LogP contribution in [-0.2, 0) is 16.0 Å². The molecule has 6 nitrogen and oxygen atoms in total. The molecule has 2 rings (SSSR count). The van der Waals surface area contributed by atoms with Gasteiger partial charge < -0.3 is 19.7 Å². The molecule has 7 heteroatoms. The molecule has 1 aromatic rings. The minimum absolute atomic E-state index is 0. The number of hydrogen-bond acceptors (Lipinski definition) is 4. The summed E-state index contributed by atoms with van der Waals surface area (Å²) in [6.45, 7) is 10.2. The minimum atomic E-state index is -0.0633. The van der Waals surface area contributed by atoms with Gasteiger partial charge in [-0.2, -0.15) is 0 Å². The van der Waals surface area contributed by atoms with Crippen LogP contribution in [0.25, 0.3) is 0 Å². The smallest absolute Gasteiger partial charge is 0.309 e. The number of likely N-dealkylation sites (tertiary alicyclic amines) is 1. The molecule has 0 spiro atoms. The number of nitrogens with zero attached hydrogens (tertiary/aromatic N) is 2. The maximum atomic E-state index is 11.9. The molecule has 1 fully saturated rings. The molecule has 0 bridgehead atoms. The van der Waals surface area contributed by atoms with E-state index < -0.39 is 0 Å². The quantitative estimate of drug-likeness (QED) is 0.255. The molecule has 1 aliphatic heterocycles. The van der Waals surface area contributed by atoms with Crippen molar-refractivity contribution in [2.45, 2.75) is 40.0 Å². The zero-order valence-electron chi connectivity index (χ0n) is 17.3. The Morgan fingerprint density at radius 3 is 2.54 bits per heavy atom. The highest BCUT2D eigenvalue weighted by molar-refractivity contribution is 14.0. The Bertz CT molecular complexity index is 617. The molecule has 1 saturated heterocycles. The molecule has 0 atom stereocenters. The van der Waals surface area contributed by atoms with E-state index in [0.717, 1.165) is 50.6 Å². The van der Waals surface area contributed by atoms with E-state index in [1.807, 2.05) is 32.0 Å². The second-order valence-corrected chi connectivity index (χ2v) is 6.54. The summed E-state index contributed by atoms with van der Waals surface area (Å²) in [4.78, 5) is 19.0. The monoisotopic (exact) mass is 503 g/mol. The number of nitrogens with one attached hydrogen (secondary N) is 1. The molecule has 28 heavy (non-hydrogen) atoms. The maximum Gasteiger partial charge on any atom is 0.309 e. The number of halogens is 1. The topological polar surface area (TPSA) is 63.2 Å². The Labute approximate surface area is 186 Å². The van der Waals surface area contributed by atoms with Gasteiger partial charge in [0.25, 0.3) is 0 Å². The van der Waals surface area contributed by atoms with E-state index in [-0.39, 0.29) is 35.9 Å². The Hall–Kier alpha value is -1.51. The first-order valence-corrected chi connectivity index (χ1v) is 10.1. The van der Waals surface area contributed by atoms with Gasteiger partial charge in [0.05, 0.1) is 19.1 Å². The third-order valence-electron chi connectivity index (χ3n) is 4.66. The van der Waals surface area contributed by atoms with E-state index >= 15 is 0 Å². The van der Waals surface area contributed by atoms with Crippen molar-refractivity contribution in [3.05, 3.63) is 29.8 Å². The van der Waals surface area contributed by atoms with Crippen molar-refractivity contribution in [3.8, 4) is 5.75 Å². The summed E-state index contributed by atoms with van der Waals surface area (Å²) in [6, 6.07) is 8.13. The average Bonchev–Trinajstić information content (AvgIpc) is 2.69. The molecule has 0 saturated carbocycles. The van der Waals surface area contributed by atoms with Crippen molar-refractivity contribution in [2.75, 3.05) is 39.4 Å². The Morgan fingerprint density at radius 2 is 1.89 bits per heavy atom. The number of carbonyl (C=O) groups is 1. The summed E-state index contributed by atoms with van der Waals surface area (Å²) >= 11 is 0. The summed E-state index contributed by atoms with van der Waals surface area (Å²) in [7, 11) is 0. The van der Waals surface area contributed by atoms with E-state index in [0.29, 0.717) is 19.8 Å². The van der Waals surface area contributed by atoms with Crippen LogP contribution in [0.1, 0.15) is 39.2 Å². The van der Waals surface area contributed by atoms with E-state index in [1.165, 1.54) is 5.56 Å². The Kier molecular flexibility index (Phi) is 11.9. The van der Waals surface area contributed by atoms with Crippen molar-refractivity contribution in [1.29, 1.82) is 0 Å². The highest BCUT2D eigenvalue weighted by Gasteiger charge is 2.27. The lowest BCUT2D eigenvalue weighted by molar-refractivity contribution is -0.149. The second kappa shape index (κ2) is 13.6. The SMILES string of the molecule is CCNC(=NCCc1ccccc1OCC)N1CCC(C(=O)OCC)CC1.I. The highest BCUT2D eigenvalue weighted by Crippen LogP contribution is 2.20. The number of benzene rings is 1. The van der Waals surface area contributed by atoms with E-state index in [9.17, 15) is 4.79 Å². The first kappa shape index (κ1) is 24.5. The molecule has 0 amide bonds. The number of guanidine groups is 1. The Balaban J connectivity index is 0.00000392. The number of ether oxygens (including phenoxy) is 2. The van der Waals surface area contributed by atoms with Crippen LogP contribution in [0.15, 0.2) is 29.3 Å². The normalized spacial score (nSPS) is 15.0. The highest BCUT2D eigenvalue weighted by atomic mass is 127. The van der Waals surface area contributed by atoms with E-state index in [1.54, 1.807) is 0 Å². The number of hydrogen-bond donors (Lipinski definition) is 1. The molecule has 0 unspecified atom stereocenters. The molecule has 1 aliphatic rings. The third-order valence-corrected chi connectivity index (χ3v) is 4.66. The van der Waals surface area contributed by atoms with E-state index in [2.05, 4.69) is 23.2 Å². The zero-order chi connectivity index (χ0) is 19.5. The van der Waals surface area contributed by atoms with E-state index in [4.69, 9.17) is 14.5 Å². The first-order chi connectivity index (χ1) is 13.2. The Morgan fingerprint density at radius 1 is 1.18 bits per heavy atom. The van der Waals surface area contributed by atoms with Crippen molar-refractivity contribution in [3.63, 3.8) is 0 Å². The van der Waals surface area contributed by atoms with Crippen LogP contribution in [-0.4, -0.2) is 56.2 Å². The van der Waals surface area contributed by atoms with Gasteiger partial charge in [0.2, 0.25) is 0 Å². The molecule has 0 aromatic heterocycles. The summed E-state index contributed by atoms with van der Waals surface area (Å²) in [5, 5.41) is 3.38. The van der Waals surface area contributed by atoms with Crippen molar-refractivity contribution >= 4 is 35.9 Å².